The van der Waals surface area contributed by atoms with E-state index in [2.05, 4.69) is 0 Å². The predicted octanol–water partition coefficient (Wildman–Crippen LogP) is 5.93. The van der Waals surface area contributed by atoms with Crippen molar-refractivity contribution < 1.29 is 23.9 Å². The van der Waals surface area contributed by atoms with Gasteiger partial charge in [0, 0.05) is 12.5 Å². The van der Waals surface area contributed by atoms with Crippen molar-refractivity contribution >= 4 is 23.8 Å². The summed E-state index contributed by atoms with van der Waals surface area (Å²) >= 11 is 0. The van der Waals surface area contributed by atoms with E-state index in [0.29, 0.717) is 24.0 Å². The molecular weight excluding hydrogens is 528 g/mol. The van der Waals surface area contributed by atoms with E-state index in [0.717, 1.165) is 22.3 Å². The second-order valence-corrected chi connectivity index (χ2v) is 10.7. The summed E-state index contributed by atoms with van der Waals surface area (Å²) in [5, 5.41) is 0. The number of ether oxygens (including phenoxy) is 1. The van der Waals surface area contributed by atoms with Gasteiger partial charge in [0.2, 0.25) is 5.91 Å². The summed E-state index contributed by atoms with van der Waals surface area (Å²) in [6, 6.07) is 33.5. The molecule has 2 unspecified atom stereocenters. The molecule has 0 radical (unpaired) electrons. The van der Waals surface area contributed by atoms with E-state index in [1.807, 2.05) is 84.9 Å². The molecular formula is C35H30N2O5. The van der Waals surface area contributed by atoms with Crippen LogP contribution in [0.5, 0.6) is 0 Å². The molecule has 2 aliphatic heterocycles. The molecule has 1 saturated heterocycles. The minimum absolute atomic E-state index is 0.0133. The van der Waals surface area contributed by atoms with Gasteiger partial charge in [-0.3, -0.25) is 19.3 Å². The highest BCUT2D eigenvalue weighted by molar-refractivity contribution is 6.21. The lowest BCUT2D eigenvalue weighted by atomic mass is 9.97. The first-order valence-electron chi connectivity index (χ1n) is 14.1. The van der Waals surface area contributed by atoms with Crippen molar-refractivity contribution in [3.8, 4) is 11.1 Å². The van der Waals surface area contributed by atoms with E-state index in [9.17, 15) is 19.2 Å². The van der Waals surface area contributed by atoms with Gasteiger partial charge in [0.25, 0.3) is 11.8 Å². The van der Waals surface area contributed by atoms with Crippen molar-refractivity contribution in [3.05, 3.63) is 131 Å². The molecule has 2 atom stereocenters. The van der Waals surface area contributed by atoms with Gasteiger partial charge in [-0.15, -0.1) is 0 Å². The lowest BCUT2D eigenvalue weighted by Crippen LogP contribution is -2.44. The molecule has 0 spiro atoms. The Morgan fingerprint density at radius 2 is 1.29 bits per heavy atom. The van der Waals surface area contributed by atoms with Crippen LogP contribution >= 0.6 is 0 Å². The SMILES string of the molecule is O=C(CCC(Cc1ccc(-c2ccccc2)cc1)N1C(=O)c2ccccc2C1=O)N1C(=O)OCC1Cc1ccccc1. The number of nitrogens with zero attached hydrogens (tertiary/aromatic N) is 2. The second-order valence-electron chi connectivity index (χ2n) is 10.7. The van der Waals surface area contributed by atoms with Crippen molar-refractivity contribution in [2.24, 2.45) is 0 Å². The van der Waals surface area contributed by atoms with Crippen molar-refractivity contribution in [2.45, 2.75) is 37.8 Å². The summed E-state index contributed by atoms with van der Waals surface area (Å²) in [6.07, 6.45) is 0.418. The number of amides is 4. The van der Waals surface area contributed by atoms with Gasteiger partial charge in [0.1, 0.15) is 6.61 Å². The highest BCUT2D eigenvalue weighted by Gasteiger charge is 2.41. The van der Waals surface area contributed by atoms with Crippen LogP contribution in [0.4, 0.5) is 4.79 Å². The number of benzene rings is 4. The molecule has 42 heavy (non-hydrogen) atoms. The Kier molecular flexibility index (Phi) is 7.64. The minimum atomic E-state index is -0.658. The molecule has 210 valence electrons. The van der Waals surface area contributed by atoms with Crippen LogP contribution in [0.25, 0.3) is 11.1 Å². The van der Waals surface area contributed by atoms with E-state index in [-0.39, 0.29) is 37.2 Å². The van der Waals surface area contributed by atoms with Gasteiger partial charge in [0.15, 0.2) is 0 Å². The summed E-state index contributed by atoms with van der Waals surface area (Å²) in [5.41, 5.74) is 4.82. The Morgan fingerprint density at radius 1 is 0.714 bits per heavy atom. The number of imide groups is 2. The summed E-state index contributed by atoms with van der Waals surface area (Å²) < 4.78 is 5.25. The smallest absolute Gasteiger partial charge is 0.416 e. The zero-order valence-corrected chi connectivity index (χ0v) is 23.0. The topological polar surface area (TPSA) is 84.0 Å². The Bertz CT molecular complexity index is 1580. The van der Waals surface area contributed by atoms with Crippen LogP contribution in [-0.4, -0.2) is 52.3 Å². The van der Waals surface area contributed by atoms with Crippen LogP contribution in [-0.2, 0) is 22.4 Å². The maximum absolute atomic E-state index is 13.4. The van der Waals surface area contributed by atoms with Crippen molar-refractivity contribution in [1.82, 2.24) is 9.80 Å². The second kappa shape index (κ2) is 11.8. The zero-order valence-electron chi connectivity index (χ0n) is 23.0. The van der Waals surface area contributed by atoms with Crippen LogP contribution in [0, 0.1) is 0 Å². The third-order valence-electron chi connectivity index (χ3n) is 7.96. The van der Waals surface area contributed by atoms with Crippen LogP contribution in [0.1, 0.15) is 44.7 Å². The van der Waals surface area contributed by atoms with Gasteiger partial charge in [-0.25, -0.2) is 9.69 Å². The zero-order chi connectivity index (χ0) is 29.1. The van der Waals surface area contributed by atoms with Gasteiger partial charge < -0.3 is 4.74 Å². The maximum atomic E-state index is 13.4. The number of rotatable bonds is 9. The molecule has 4 amide bonds. The van der Waals surface area contributed by atoms with Gasteiger partial charge >= 0.3 is 6.09 Å². The summed E-state index contributed by atoms with van der Waals surface area (Å²) in [5.74, 6) is -1.10. The lowest BCUT2D eigenvalue weighted by Gasteiger charge is -2.27. The first-order valence-corrected chi connectivity index (χ1v) is 14.1. The highest BCUT2D eigenvalue weighted by Crippen LogP contribution is 2.29. The summed E-state index contributed by atoms with van der Waals surface area (Å²) in [4.78, 5) is 55.3. The van der Waals surface area contributed by atoms with Crippen molar-refractivity contribution in [3.63, 3.8) is 0 Å². The monoisotopic (exact) mass is 558 g/mol. The Balaban J connectivity index is 1.22. The first-order chi connectivity index (χ1) is 20.5. The Labute approximate surface area is 244 Å². The molecule has 7 heteroatoms. The molecule has 1 fully saturated rings. The third-order valence-corrected chi connectivity index (χ3v) is 7.96. The predicted molar refractivity (Wildman–Crippen MR) is 158 cm³/mol. The highest BCUT2D eigenvalue weighted by atomic mass is 16.6. The van der Waals surface area contributed by atoms with Gasteiger partial charge in [0.05, 0.1) is 17.2 Å². The van der Waals surface area contributed by atoms with Crippen LogP contribution in [0.3, 0.4) is 0 Å². The van der Waals surface area contributed by atoms with E-state index >= 15 is 0 Å². The molecule has 0 aliphatic carbocycles. The molecule has 6 rings (SSSR count). The van der Waals surface area contributed by atoms with Crippen LogP contribution in [0.2, 0.25) is 0 Å². The molecule has 2 heterocycles. The normalized spacial score (nSPS) is 16.9. The van der Waals surface area contributed by atoms with E-state index in [1.54, 1.807) is 24.3 Å². The summed E-state index contributed by atoms with van der Waals surface area (Å²) in [6.45, 7) is 0.134. The fourth-order valence-electron chi connectivity index (χ4n) is 5.81. The molecule has 0 aromatic heterocycles. The van der Waals surface area contributed by atoms with E-state index in [4.69, 9.17) is 4.74 Å². The number of cyclic esters (lactones) is 1. The summed E-state index contributed by atoms with van der Waals surface area (Å²) in [7, 11) is 0. The number of fused-ring (bicyclic) bond motifs is 1. The Morgan fingerprint density at radius 3 is 1.93 bits per heavy atom. The molecule has 4 aromatic carbocycles. The minimum Gasteiger partial charge on any atom is -0.447 e. The fourth-order valence-corrected chi connectivity index (χ4v) is 5.81. The molecule has 0 saturated carbocycles. The Hall–Kier alpha value is -5.04. The average Bonchev–Trinajstić information content (AvgIpc) is 3.52. The fraction of sp³-hybridized carbons (Fsp3) is 0.200. The van der Waals surface area contributed by atoms with Crippen LogP contribution in [0.15, 0.2) is 109 Å². The molecule has 4 aromatic rings. The van der Waals surface area contributed by atoms with Crippen LogP contribution < -0.4 is 0 Å². The molecule has 2 aliphatic rings. The molecule has 0 bridgehead atoms. The maximum Gasteiger partial charge on any atom is 0.416 e. The van der Waals surface area contributed by atoms with E-state index < -0.39 is 18.2 Å². The number of carbonyl (C=O) groups is 4. The van der Waals surface area contributed by atoms with Gasteiger partial charge in [-0.05, 0) is 53.6 Å². The number of hydrogen-bond acceptors (Lipinski definition) is 5. The average molecular weight is 559 g/mol. The van der Waals surface area contributed by atoms with Gasteiger partial charge in [-0.2, -0.15) is 0 Å². The largest absolute Gasteiger partial charge is 0.447 e. The molecule has 7 nitrogen and oxygen atoms in total. The lowest BCUT2D eigenvalue weighted by molar-refractivity contribution is -0.129. The van der Waals surface area contributed by atoms with E-state index in [1.165, 1.54) is 9.80 Å². The first kappa shape index (κ1) is 27.1. The van der Waals surface area contributed by atoms with Gasteiger partial charge in [-0.1, -0.05) is 97.1 Å². The third kappa shape index (κ3) is 5.46. The van der Waals surface area contributed by atoms with Crippen molar-refractivity contribution in [2.75, 3.05) is 6.61 Å². The standard InChI is InChI=1S/C35H30N2O5/c38-32(36-29(23-42-35(36)41)22-24-9-3-1-4-10-24)20-19-28(37-33(39)30-13-7-8-14-31(30)34(37)40)21-25-15-17-27(18-16-25)26-11-5-2-6-12-26/h1-18,28-29H,19-23H2. The van der Waals surface area contributed by atoms with Crippen molar-refractivity contribution in [1.29, 1.82) is 0 Å². The number of carbonyl (C=O) groups excluding carboxylic acids is 4. The quantitative estimate of drug-likeness (QED) is 0.238. The number of hydrogen-bond donors (Lipinski definition) is 0. The molecule has 0 N–H and O–H groups in total.